The van der Waals surface area contributed by atoms with Gasteiger partial charge in [0.2, 0.25) is 0 Å². The fraction of sp³-hybridized carbons (Fsp3) is 0.714. The third-order valence-electron chi connectivity index (χ3n) is 3.73. The lowest BCUT2D eigenvalue weighted by Crippen LogP contribution is -2.46. The van der Waals surface area contributed by atoms with Crippen molar-refractivity contribution in [3.05, 3.63) is 24.2 Å². The zero-order valence-corrected chi connectivity index (χ0v) is 11.4. The molecule has 1 aliphatic rings. The van der Waals surface area contributed by atoms with E-state index < -0.39 is 0 Å². The molecule has 0 amide bonds. The van der Waals surface area contributed by atoms with E-state index >= 15 is 0 Å². The minimum Gasteiger partial charge on any atom is -0.468 e. The highest BCUT2D eigenvalue weighted by Crippen LogP contribution is 2.30. The van der Waals surface area contributed by atoms with Gasteiger partial charge in [-0.05, 0) is 45.1 Å². The summed E-state index contributed by atoms with van der Waals surface area (Å²) >= 11 is 0. The molecule has 0 saturated carbocycles. The van der Waals surface area contributed by atoms with E-state index in [1.54, 1.807) is 13.4 Å². The molecule has 1 N–H and O–H groups in total. The smallest absolute Gasteiger partial charge is 0.117 e. The van der Waals surface area contributed by atoms with Crippen LogP contribution in [-0.4, -0.2) is 45.3 Å². The Kier molecular flexibility index (Phi) is 4.80. The minimum atomic E-state index is 0.293. The summed E-state index contributed by atoms with van der Waals surface area (Å²) in [5.74, 6) is 1.03. The summed E-state index contributed by atoms with van der Waals surface area (Å²) < 4.78 is 10.8. The summed E-state index contributed by atoms with van der Waals surface area (Å²) in [4.78, 5) is 2.34. The van der Waals surface area contributed by atoms with Crippen molar-refractivity contribution >= 4 is 0 Å². The zero-order chi connectivity index (χ0) is 12.8. The Morgan fingerprint density at radius 2 is 2.22 bits per heavy atom. The Balaban J connectivity index is 1.91. The van der Waals surface area contributed by atoms with E-state index in [1.807, 2.05) is 12.1 Å². The normalized spacial score (nSPS) is 19.3. The highest BCUT2D eigenvalue weighted by Gasteiger charge is 2.33. The maximum atomic E-state index is 5.44. The molecule has 4 heteroatoms. The number of rotatable bonds is 6. The van der Waals surface area contributed by atoms with Gasteiger partial charge in [0.15, 0.2) is 0 Å². The van der Waals surface area contributed by atoms with E-state index in [1.165, 1.54) is 12.8 Å². The van der Waals surface area contributed by atoms with Crippen LogP contribution in [0.4, 0.5) is 0 Å². The minimum absolute atomic E-state index is 0.293. The lowest BCUT2D eigenvalue weighted by molar-refractivity contribution is 0.0256. The second kappa shape index (κ2) is 6.36. The molecule has 2 rings (SSSR count). The summed E-state index contributed by atoms with van der Waals surface area (Å²) in [6, 6.07) is 3.97. The molecular weight excluding hydrogens is 228 g/mol. The van der Waals surface area contributed by atoms with Crippen LogP contribution in [0.25, 0.3) is 0 Å². The first-order valence-electron chi connectivity index (χ1n) is 6.65. The van der Waals surface area contributed by atoms with Crippen molar-refractivity contribution in [2.75, 3.05) is 40.4 Å². The first-order valence-corrected chi connectivity index (χ1v) is 6.65. The van der Waals surface area contributed by atoms with Crippen molar-refractivity contribution in [1.82, 2.24) is 10.2 Å². The molecule has 0 aromatic carbocycles. The molecule has 18 heavy (non-hydrogen) atoms. The van der Waals surface area contributed by atoms with E-state index in [9.17, 15) is 0 Å². The lowest BCUT2D eigenvalue weighted by atomic mass is 9.79. The quantitative estimate of drug-likeness (QED) is 0.836. The highest BCUT2D eigenvalue weighted by molar-refractivity contribution is 4.98. The van der Waals surface area contributed by atoms with Gasteiger partial charge in [-0.15, -0.1) is 0 Å². The Morgan fingerprint density at radius 3 is 2.83 bits per heavy atom. The summed E-state index contributed by atoms with van der Waals surface area (Å²) in [5.41, 5.74) is 0.293. The average Bonchev–Trinajstić information content (AvgIpc) is 2.83. The first-order chi connectivity index (χ1) is 8.74. The van der Waals surface area contributed by atoms with Gasteiger partial charge in [-0.25, -0.2) is 0 Å². The van der Waals surface area contributed by atoms with Gasteiger partial charge >= 0.3 is 0 Å². The molecule has 0 spiro atoms. The van der Waals surface area contributed by atoms with Crippen LogP contribution in [0.3, 0.4) is 0 Å². The zero-order valence-electron chi connectivity index (χ0n) is 11.4. The van der Waals surface area contributed by atoms with Gasteiger partial charge in [0, 0.05) is 19.1 Å². The van der Waals surface area contributed by atoms with Crippen LogP contribution in [0.1, 0.15) is 18.6 Å². The third-order valence-corrected chi connectivity index (χ3v) is 3.73. The molecule has 1 fully saturated rings. The van der Waals surface area contributed by atoms with E-state index in [0.717, 1.165) is 38.5 Å². The summed E-state index contributed by atoms with van der Waals surface area (Å²) in [7, 11) is 3.96. The van der Waals surface area contributed by atoms with Gasteiger partial charge in [-0.1, -0.05) is 0 Å². The molecule has 2 heterocycles. The molecule has 0 aliphatic carbocycles. The highest BCUT2D eigenvalue weighted by atomic mass is 16.5. The molecule has 0 atom stereocenters. The van der Waals surface area contributed by atoms with Crippen LogP contribution in [0.2, 0.25) is 0 Å². The van der Waals surface area contributed by atoms with E-state index in [4.69, 9.17) is 9.15 Å². The van der Waals surface area contributed by atoms with Crippen molar-refractivity contribution in [1.29, 1.82) is 0 Å². The predicted octanol–water partition coefficient (Wildman–Crippen LogP) is 1.73. The summed E-state index contributed by atoms with van der Waals surface area (Å²) in [6.45, 7) is 4.96. The largest absolute Gasteiger partial charge is 0.468 e. The second-order valence-electron chi connectivity index (χ2n) is 5.43. The maximum Gasteiger partial charge on any atom is 0.117 e. The summed E-state index contributed by atoms with van der Waals surface area (Å²) in [6.07, 6.45) is 4.10. The van der Waals surface area contributed by atoms with E-state index in [-0.39, 0.29) is 0 Å². The summed E-state index contributed by atoms with van der Waals surface area (Å²) in [5, 5.41) is 3.42. The topological polar surface area (TPSA) is 37.6 Å². The Hall–Kier alpha value is -0.840. The van der Waals surface area contributed by atoms with Crippen molar-refractivity contribution in [3.63, 3.8) is 0 Å². The predicted molar refractivity (Wildman–Crippen MR) is 71.5 cm³/mol. The Labute approximate surface area is 109 Å². The molecule has 0 radical (unpaired) electrons. The van der Waals surface area contributed by atoms with Gasteiger partial charge in [-0.2, -0.15) is 0 Å². The number of hydrogen-bond donors (Lipinski definition) is 1. The number of nitrogens with zero attached hydrogens (tertiary/aromatic N) is 1. The van der Waals surface area contributed by atoms with Gasteiger partial charge in [0.05, 0.1) is 19.4 Å². The van der Waals surface area contributed by atoms with Crippen molar-refractivity contribution < 1.29 is 9.15 Å². The molecule has 0 bridgehead atoms. The lowest BCUT2D eigenvalue weighted by Gasteiger charge is -2.39. The number of piperidine rings is 1. The van der Waals surface area contributed by atoms with Crippen LogP contribution in [0.15, 0.2) is 22.8 Å². The number of hydrogen-bond acceptors (Lipinski definition) is 4. The van der Waals surface area contributed by atoms with Gasteiger partial charge in [0.25, 0.3) is 0 Å². The fourth-order valence-electron chi connectivity index (χ4n) is 2.91. The van der Waals surface area contributed by atoms with Crippen LogP contribution >= 0.6 is 0 Å². The van der Waals surface area contributed by atoms with Crippen LogP contribution in [0.5, 0.6) is 0 Å². The Bertz CT molecular complexity index is 326. The molecule has 4 nitrogen and oxygen atoms in total. The standard InChI is InChI=1S/C14H24N2O2/c1-16(10-13-4-3-9-18-13)11-14(12-17-2)5-7-15-8-6-14/h3-4,9,15H,5-8,10-12H2,1-2H3. The number of furan rings is 1. The SMILES string of the molecule is COCC1(CN(C)Cc2ccco2)CCNCC1. The molecule has 102 valence electrons. The Morgan fingerprint density at radius 1 is 1.44 bits per heavy atom. The number of nitrogens with one attached hydrogen (secondary N) is 1. The molecule has 1 saturated heterocycles. The average molecular weight is 252 g/mol. The maximum absolute atomic E-state index is 5.44. The number of ether oxygens (including phenoxy) is 1. The molecule has 0 unspecified atom stereocenters. The molecule has 1 aromatic heterocycles. The van der Waals surface area contributed by atoms with E-state index in [0.29, 0.717) is 5.41 Å². The van der Waals surface area contributed by atoms with E-state index in [2.05, 4.69) is 17.3 Å². The van der Waals surface area contributed by atoms with Crippen LogP contribution < -0.4 is 5.32 Å². The van der Waals surface area contributed by atoms with Gasteiger partial charge < -0.3 is 14.5 Å². The van der Waals surface area contributed by atoms with Gasteiger partial charge in [0.1, 0.15) is 5.76 Å². The monoisotopic (exact) mass is 252 g/mol. The van der Waals surface area contributed by atoms with Gasteiger partial charge in [-0.3, -0.25) is 4.90 Å². The molecule has 1 aromatic rings. The second-order valence-corrected chi connectivity index (χ2v) is 5.43. The molecular formula is C14H24N2O2. The van der Waals surface area contributed by atoms with Crippen molar-refractivity contribution in [3.8, 4) is 0 Å². The van der Waals surface area contributed by atoms with Crippen molar-refractivity contribution in [2.24, 2.45) is 5.41 Å². The fourth-order valence-corrected chi connectivity index (χ4v) is 2.91. The third kappa shape index (κ3) is 3.57. The first kappa shape index (κ1) is 13.6. The molecule has 1 aliphatic heterocycles. The van der Waals surface area contributed by atoms with Crippen LogP contribution in [-0.2, 0) is 11.3 Å². The van der Waals surface area contributed by atoms with Crippen LogP contribution in [0, 0.1) is 5.41 Å². The van der Waals surface area contributed by atoms with Crippen molar-refractivity contribution in [2.45, 2.75) is 19.4 Å². The number of methoxy groups -OCH3 is 1.